The number of H-pyrrole nitrogens is 1. The highest BCUT2D eigenvalue weighted by molar-refractivity contribution is 5.79. The number of nitrogens with one attached hydrogen (secondary N) is 2. The van der Waals surface area contributed by atoms with E-state index >= 15 is 0 Å². The van der Waals surface area contributed by atoms with Gasteiger partial charge in [-0.05, 0) is 66.6 Å². The minimum atomic E-state index is -0.0171. The predicted octanol–water partition coefficient (Wildman–Crippen LogP) is 1.70. The van der Waals surface area contributed by atoms with E-state index in [1.54, 1.807) is 0 Å². The van der Waals surface area contributed by atoms with Crippen LogP contribution in [0.1, 0.15) is 61.5 Å². The molecule has 31 heavy (non-hydrogen) atoms. The maximum Gasteiger partial charge on any atom is 0.257 e. The third-order valence-electron chi connectivity index (χ3n) is 6.70. The first kappa shape index (κ1) is 20.3. The van der Waals surface area contributed by atoms with Crippen molar-refractivity contribution >= 4 is 10.9 Å². The number of pyridine rings is 1. The molecule has 2 fully saturated rings. The normalized spacial score (nSPS) is 20.6. The molecule has 3 heterocycles. The summed E-state index contributed by atoms with van der Waals surface area (Å²) in [6.45, 7) is 5.06. The molecule has 1 aliphatic heterocycles. The van der Waals surface area contributed by atoms with Crippen molar-refractivity contribution in [1.82, 2.24) is 25.2 Å². The molecule has 8 heteroatoms. The van der Waals surface area contributed by atoms with Gasteiger partial charge in [0.25, 0.3) is 5.56 Å². The Labute approximate surface area is 181 Å². The summed E-state index contributed by atoms with van der Waals surface area (Å²) in [5.41, 5.74) is 2.84. The molecule has 0 spiro atoms. The van der Waals surface area contributed by atoms with Crippen LogP contribution >= 0.6 is 0 Å². The number of tetrazole rings is 1. The van der Waals surface area contributed by atoms with E-state index in [4.69, 9.17) is 4.74 Å². The fraction of sp³-hybridized carbons (Fsp3) is 0.565. The molecule has 2 aromatic heterocycles. The number of fused-ring (bicyclic) bond motifs is 1. The van der Waals surface area contributed by atoms with Crippen LogP contribution < -0.4 is 10.5 Å². The lowest BCUT2D eigenvalue weighted by atomic mass is 10.1. The number of aryl methyl sites for hydroxylation is 1. The van der Waals surface area contributed by atoms with Crippen molar-refractivity contribution < 1.29 is 9.64 Å². The van der Waals surface area contributed by atoms with Gasteiger partial charge in [-0.1, -0.05) is 24.5 Å². The van der Waals surface area contributed by atoms with Gasteiger partial charge in [-0.15, -0.1) is 5.10 Å². The Morgan fingerprint density at radius 1 is 1.16 bits per heavy atom. The Bertz CT molecular complexity index is 1090. The number of rotatable bonds is 7. The van der Waals surface area contributed by atoms with Crippen LogP contribution in [0.25, 0.3) is 10.9 Å². The summed E-state index contributed by atoms with van der Waals surface area (Å²) >= 11 is 0. The molecule has 5 rings (SSSR count). The van der Waals surface area contributed by atoms with Crippen LogP contribution in [-0.4, -0.2) is 44.4 Å². The highest BCUT2D eigenvalue weighted by atomic mass is 16.5. The molecule has 2 aliphatic rings. The van der Waals surface area contributed by atoms with Gasteiger partial charge in [-0.25, -0.2) is 4.68 Å². The van der Waals surface area contributed by atoms with Crippen LogP contribution in [0, 0.1) is 6.92 Å². The third kappa shape index (κ3) is 4.55. The van der Waals surface area contributed by atoms with Gasteiger partial charge in [0.15, 0.2) is 0 Å². The maximum absolute atomic E-state index is 12.8. The quantitative estimate of drug-likeness (QED) is 0.604. The maximum atomic E-state index is 12.8. The van der Waals surface area contributed by atoms with Crippen LogP contribution in [0.5, 0.6) is 0 Å². The molecule has 1 aromatic carbocycles. The predicted molar refractivity (Wildman–Crippen MR) is 117 cm³/mol. The molecule has 1 aliphatic carbocycles. The number of aromatic nitrogens is 5. The molecule has 0 amide bonds. The lowest BCUT2D eigenvalue weighted by Gasteiger charge is -2.22. The second kappa shape index (κ2) is 8.88. The van der Waals surface area contributed by atoms with Crippen molar-refractivity contribution in [2.45, 2.75) is 70.7 Å². The second-order valence-electron chi connectivity index (χ2n) is 9.14. The summed E-state index contributed by atoms with van der Waals surface area (Å²) < 4.78 is 7.95. The Morgan fingerprint density at radius 2 is 2.03 bits per heavy atom. The zero-order valence-corrected chi connectivity index (χ0v) is 18.1. The fourth-order valence-electron chi connectivity index (χ4n) is 5.09. The van der Waals surface area contributed by atoms with Crippen LogP contribution in [-0.2, 0) is 17.8 Å². The number of quaternary nitrogens is 1. The highest BCUT2D eigenvalue weighted by Crippen LogP contribution is 2.28. The summed E-state index contributed by atoms with van der Waals surface area (Å²) in [6.07, 6.45) is 7.17. The largest absolute Gasteiger partial charge is 0.372 e. The second-order valence-corrected chi connectivity index (χ2v) is 9.14. The number of hydrogen-bond acceptors (Lipinski definition) is 5. The average molecular weight is 424 g/mol. The van der Waals surface area contributed by atoms with E-state index < -0.39 is 0 Å². The summed E-state index contributed by atoms with van der Waals surface area (Å²) in [7, 11) is 0. The minimum absolute atomic E-state index is 0.0171. The number of benzene rings is 1. The van der Waals surface area contributed by atoms with E-state index in [9.17, 15) is 4.79 Å². The van der Waals surface area contributed by atoms with Crippen LogP contribution in [0.2, 0.25) is 0 Å². The molecule has 1 unspecified atom stereocenters. The molecule has 0 radical (unpaired) electrons. The molecule has 0 bridgehead atoms. The van der Waals surface area contributed by atoms with Crippen molar-refractivity contribution in [2.24, 2.45) is 0 Å². The number of aromatic amines is 1. The monoisotopic (exact) mass is 423 g/mol. The third-order valence-corrected chi connectivity index (χ3v) is 6.70. The van der Waals surface area contributed by atoms with Crippen LogP contribution in [0.4, 0.5) is 0 Å². The van der Waals surface area contributed by atoms with E-state index in [1.165, 1.54) is 23.3 Å². The first-order valence-electron chi connectivity index (χ1n) is 11.5. The minimum Gasteiger partial charge on any atom is -0.372 e. The Hall–Kier alpha value is -2.58. The fourth-order valence-corrected chi connectivity index (χ4v) is 5.09. The zero-order chi connectivity index (χ0) is 21.2. The summed E-state index contributed by atoms with van der Waals surface area (Å²) in [6, 6.07) is 8.56. The smallest absolute Gasteiger partial charge is 0.257 e. The van der Waals surface area contributed by atoms with Gasteiger partial charge in [0, 0.05) is 12.1 Å². The number of hydrogen-bond donors (Lipinski definition) is 2. The van der Waals surface area contributed by atoms with Crippen molar-refractivity contribution in [3.05, 3.63) is 51.6 Å². The molecule has 2 atom stereocenters. The molecular weight excluding hydrogens is 392 g/mol. The SMILES string of the molecule is Cc1ccc2[nH]c(=O)c(C[NH+](Cc3nnnn3C3CCCC3)C[C@H]3CCCO3)cc2c1. The Morgan fingerprint density at radius 3 is 2.84 bits per heavy atom. The number of nitrogens with zero attached hydrogens (tertiary/aromatic N) is 4. The standard InChI is InChI=1S/C23H30N6O2/c1-16-8-9-21-17(11-16)12-18(23(30)24-21)13-28(14-20-7-4-10-31-20)15-22-25-26-27-29(22)19-5-2-3-6-19/h8-9,11-12,19-20H,2-7,10,13-15H2,1H3,(H,24,30)/p+1/t20-/m1/s1. The van der Waals surface area contributed by atoms with Gasteiger partial charge in [0.05, 0.1) is 11.6 Å². The highest BCUT2D eigenvalue weighted by Gasteiger charge is 2.27. The molecule has 1 saturated carbocycles. The summed E-state index contributed by atoms with van der Waals surface area (Å²) in [5.74, 6) is 0.910. The summed E-state index contributed by atoms with van der Waals surface area (Å²) in [5, 5.41) is 13.7. The van der Waals surface area contributed by atoms with E-state index in [0.717, 1.165) is 61.1 Å². The van der Waals surface area contributed by atoms with Gasteiger partial charge < -0.3 is 14.6 Å². The first-order valence-corrected chi connectivity index (χ1v) is 11.5. The van der Waals surface area contributed by atoms with Crippen molar-refractivity contribution in [3.63, 3.8) is 0 Å². The molecule has 1 saturated heterocycles. The lowest BCUT2D eigenvalue weighted by molar-refractivity contribution is -0.931. The molecule has 164 valence electrons. The van der Waals surface area contributed by atoms with Gasteiger partial charge >= 0.3 is 0 Å². The van der Waals surface area contributed by atoms with Gasteiger partial charge in [-0.2, -0.15) is 0 Å². The van der Waals surface area contributed by atoms with Gasteiger partial charge in [-0.3, -0.25) is 4.79 Å². The summed E-state index contributed by atoms with van der Waals surface area (Å²) in [4.78, 5) is 17.1. The van der Waals surface area contributed by atoms with Crippen molar-refractivity contribution in [1.29, 1.82) is 0 Å². The number of ether oxygens (including phenoxy) is 1. The van der Waals surface area contributed by atoms with Gasteiger partial charge in [0.2, 0.25) is 5.82 Å². The van der Waals surface area contributed by atoms with E-state index in [2.05, 4.69) is 33.5 Å². The van der Waals surface area contributed by atoms with E-state index in [0.29, 0.717) is 19.1 Å². The van der Waals surface area contributed by atoms with Crippen LogP contribution in [0.3, 0.4) is 0 Å². The Balaban J connectivity index is 1.41. The first-order chi connectivity index (χ1) is 15.2. The van der Waals surface area contributed by atoms with E-state index in [-0.39, 0.29) is 11.7 Å². The Kier molecular flexibility index (Phi) is 5.82. The van der Waals surface area contributed by atoms with Crippen molar-refractivity contribution in [2.75, 3.05) is 13.2 Å². The zero-order valence-electron chi connectivity index (χ0n) is 18.1. The molecule has 8 nitrogen and oxygen atoms in total. The van der Waals surface area contributed by atoms with E-state index in [1.807, 2.05) is 22.9 Å². The topological polar surface area (TPSA) is 90.1 Å². The van der Waals surface area contributed by atoms with Crippen LogP contribution in [0.15, 0.2) is 29.1 Å². The molecular formula is C23H31N6O2+. The molecule has 3 aromatic rings. The van der Waals surface area contributed by atoms with Gasteiger partial charge in [0.1, 0.15) is 25.7 Å². The molecule has 2 N–H and O–H groups in total. The lowest BCUT2D eigenvalue weighted by Crippen LogP contribution is -3.10. The average Bonchev–Trinajstić information content (AvgIpc) is 3.51. The van der Waals surface area contributed by atoms with Crippen molar-refractivity contribution in [3.8, 4) is 0 Å².